The summed E-state index contributed by atoms with van der Waals surface area (Å²) >= 11 is 0. The summed E-state index contributed by atoms with van der Waals surface area (Å²) in [5.74, 6) is 1.24. The second-order valence-electron chi connectivity index (χ2n) is 17.7. The standard InChI is InChI=1S/C46H58N8O5/c1-27(2)39(49-26-55)43(56)53-22-8-10-36(53)41-47-24-34(50-41)30-14-12-29(13-15-30)31-16-17-32(33-18-21-46(38(31)33)19-6-7-20-46)35-25-48-42(51-35)37-11-9-23-54(37)44(57)40(28(3)4)52-45(58)59-5/h12-17,24-28,36-37,39-40H,6-11,18-23H2,1-5H3,(H,47,50)(H,48,51)(H,49,55)(H,52,58). The van der Waals surface area contributed by atoms with E-state index in [1.54, 1.807) is 0 Å². The van der Waals surface area contributed by atoms with Gasteiger partial charge < -0.3 is 35.1 Å². The predicted molar refractivity (Wildman–Crippen MR) is 225 cm³/mol. The molecule has 1 spiro atoms. The number of H-pyrrole nitrogens is 2. The highest BCUT2D eigenvalue weighted by Gasteiger charge is 2.44. The Morgan fingerprint density at radius 1 is 0.763 bits per heavy atom. The molecule has 4 N–H and O–H groups in total. The molecule has 2 aromatic carbocycles. The van der Waals surface area contributed by atoms with Crippen LogP contribution in [0.3, 0.4) is 0 Å². The number of aromatic amines is 2. The number of nitrogens with zero attached hydrogens (tertiary/aromatic N) is 4. The van der Waals surface area contributed by atoms with Crippen LogP contribution in [0.4, 0.5) is 4.79 Å². The van der Waals surface area contributed by atoms with E-state index >= 15 is 0 Å². The van der Waals surface area contributed by atoms with E-state index < -0.39 is 18.2 Å². The Bertz CT molecular complexity index is 2180. The zero-order valence-corrected chi connectivity index (χ0v) is 35.0. The van der Waals surface area contributed by atoms with Crippen molar-refractivity contribution >= 4 is 24.3 Å². The van der Waals surface area contributed by atoms with Crippen LogP contribution in [0.5, 0.6) is 0 Å². The summed E-state index contributed by atoms with van der Waals surface area (Å²) in [7, 11) is 1.31. The third kappa shape index (κ3) is 7.53. The summed E-state index contributed by atoms with van der Waals surface area (Å²) in [6, 6.07) is 11.7. The van der Waals surface area contributed by atoms with E-state index in [9.17, 15) is 19.2 Å². The molecule has 59 heavy (non-hydrogen) atoms. The Morgan fingerprint density at radius 2 is 1.32 bits per heavy atom. The topological polar surface area (TPSA) is 165 Å². The molecule has 4 unspecified atom stereocenters. The number of rotatable bonds is 12. The summed E-state index contributed by atoms with van der Waals surface area (Å²) in [5.41, 5.74) is 9.58. The minimum atomic E-state index is -0.682. The number of carbonyl (C=O) groups excluding carboxylic acids is 4. The van der Waals surface area contributed by atoms with Crippen molar-refractivity contribution in [2.24, 2.45) is 11.8 Å². The van der Waals surface area contributed by atoms with Crippen molar-refractivity contribution in [1.82, 2.24) is 40.4 Å². The highest BCUT2D eigenvalue weighted by atomic mass is 16.5. The van der Waals surface area contributed by atoms with Crippen molar-refractivity contribution in [3.05, 3.63) is 71.6 Å². The van der Waals surface area contributed by atoms with Crippen molar-refractivity contribution in [2.45, 2.75) is 121 Å². The van der Waals surface area contributed by atoms with Crippen LogP contribution in [0.2, 0.25) is 0 Å². The Morgan fingerprint density at radius 3 is 1.92 bits per heavy atom. The summed E-state index contributed by atoms with van der Waals surface area (Å²) < 4.78 is 4.82. The van der Waals surface area contributed by atoms with Crippen LogP contribution < -0.4 is 10.6 Å². The molecule has 13 heteroatoms. The molecule has 4 heterocycles. The van der Waals surface area contributed by atoms with Crippen LogP contribution in [-0.4, -0.2) is 86.3 Å². The zero-order valence-electron chi connectivity index (χ0n) is 35.0. The number of methoxy groups -OCH3 is 1. The van der Waals surface area contributed by atoms with E-state index in [0.29, 0.717) is 19.5 Å². The molecule has 13 nitrogen and oxygen atoms in total. The highest BCUT2D eigenvalue weighted by Crippen LogP contribution is 2.55. The number of likely N-dealkylation sites (tertiary alicyclic amines) is 2. The average Bonchev–Trinajstić information content (AvgIpc) is 4.10. The van der Waals surface area contributed by atoms with Gasteiger partial charge in [-0.15, -0.1) is 0 Å². The molecule has 2 saturated heterocycles. The fourth-order valence-electron chi connectivity index (χ4n) is 10.5. The lowest BCUT2D eigenvalue weighted by molar-refractivity contribution is -0.137. The molecule has 4 atom stereocenters. The van der Waals surface area contributed by atoms with E-state index in [4.69, 9.17) is 14.7 Å². The molecule has 0 bridgehead atoms. The van der Waals surface area contributed by atoms with Gasteiger partial charge in [-0.3, -0.25) is 14.4 Å². The maximum atomic E-state index is 13.8. The van der Waals surface area contributed by atoms with Gasteiger partial charge in [-0.2, -0.15) is 0 Å². The maximum Gasteiger partial charge on any atom is 0.407 e. The second kappa shape index (κ2) is 16.7. The number of nitrogens with one attached hydrogen (secondary N) is 4. The van der Waals surface area contributed by atoms with Gasteiger partial charge in [0.2, 0.25) is 18.2 Å². The lowest BCUT2D eigenvalue weighted by Gasteiger charge is -2.30. The zero-order chi connectivity index (χ0) is 41.4. The quantitative estimate of drug-likeness (QED) is 0.109. The number of ether oxygens (including phenoxy) is 1. The summed E-state index contributed by atoms with van der Waals surface area (Å²) in [6.45, 7) is 8.99. The highest BCUT2D eigenvalue weighted by molar-refractivity contribution is 5.87. The van der Waals surface area contributed by atoms with Crippen LogP contribution in [0, 0.1) is 11.8 Å². The van der Waals surface area contributed by atoms with Gasteiger partial charge in [-0.05, 0) is 96.4 Å². The molecule has 8 rings (SSSR count). The number of fused-ring (bicyclic) bond motifs is 2. The molecule has 4 aliphatic rings. The van der Waals surface area contributed by atoms with E-state index in [2.05, 4.69) is 57.0 Å². The van der Waals surface area contributed by atoms with Crippen molar-refractivity contribution in [1.29, 1.82) is 0 Å². The lowest BCUT2D eigenvalue weighted by Crippen LogP contribution is -2.51. The van der Waals surface area contributed by atoms with Gasteiger partial charge in [0, 0.05) is 18.7 Å². The Hall–Kier alpha value is -5.46. The Labute approximate surface area is 346 Å². The fourth-order valence-corrected chi connectivity index (χ4v) is 10.5. The monoisotopic (exact) mass is 802 g/mol. The van der Waals surface area contributed by atoms with E-state index in [1.807, 2.05) is 49.9 Å². The van der Waals surface area contributed by atoms with Gasteiger partial charge in [0.1, 0.15) is 23.7 Å². The largest absolute Gasteiger partial charge is 0.453 e. The van der Waals surface area contributed by atoms with Crippen LogP contribution in [0.25, 0.3) is 33.6 Å². The average molecular weight is 803 g/mol. The molecule has 4 aromatic rings. The molecular weight excluding hydrogens is 745 g/mol. The minimum absolute atomic E-state index is 0.0200. The smallest absolute Gasteiger partial charge is 0.407 e. The second-order valence-corrected chi connectivity index (χ2v) is 17.7. The molecule has 312 valence electrons. The van der Waals surface area contributed by atoms with E-state index in [0.717, 1.165) is 67.1 Å². The number of hydrogen-bond donors (Lipinski definition) is 4. The SMILES string of the molecule is COC(=O)NC(C(=O)N1CCCC1c1ncc(-c2ccc(-c3ccc(-c4cnc(C5CCCN5C(=O)C(NC=O)C(C)C)[nH]4)cc3)c3c2CCC32CCCC2)[nH]1)C(C)C. The number of amides is 4. The molecule has 2 aliphatic heterocycles. The number of aromatic nitrogens is 4. The van der Waals surface area contributed by atoms with Crippen molar-refractivity contribution in [2.75, 3.05) is 20.2 Å². The van der Waals surface area contributed by atoms with Gasteiger partial charge >= 0.3 is 6.09 Å². The third-order valence-corrected chi connectivity index (χ3v) is 13.5. The van der Waals surface area contributed by atoms with E-state index in [-0.39, 0.29) is 41.1 Å². The lowest BCUT2D eigenvalue weighted by atomic mass is 9.76. The normalized spacial score (nSPS) is 20.7. The summed E-state index contributed by atoms with van der Waals surface area (Å²) in [4.78, 5) is 71.2. The first-order valence-electron chi connectivity index (χ1n) is 21.6. The first kappa shape index (κ1) is 40.3. The number of carbonyl (C=O) groups is 4. The predicted octanol–water partition coefficient (Wildman–Crippen LogP) is 7.37. The van der Waals surface area contributed by atoms with Crippen LogP contribution in [0.1, 0.15) is 120 Å². The van der Waals surface area contributed by atoms with Gasteiger partial charge in [-0.25, -0.2) is 14.8 Å². The third-order valence-electron chi connectivity index (χ3n) is 13.5. The molecule has 4 amide bonds. The Balaban J connectivity index is 1.05. The van der Waals surface area contributed by atoms with Gasteiger partial charge in [0.15, 0.2) is 0 Å². The summed E-state index contributed by atoms with van der Waals surface area (Å²) in [5, 5.41) is 5.46. The van der Waals surface area contributed by atoms with Crippen LogP contribution in [0.15, 0.2) is 48.8 Å². The maximum absolute atomic E-state index is 13.8. The van der Waals surface area contributed by atoms with Gasteiger partial charge in [-0.1, -0.05) is 76.9 Å². The minimum Gasteiger partial charge on any atom is -0.453 e. The number of hydrogen-bond acceptors (Lipinski definition) is 7. The number of benzene rings is 2. The first-order valence-corrected chi connectivity index (χ1v) is 21.6. The van der Waals surface area contributed by atoms with E-state index in [1.165, 1.54) is 60.6 Å². The fraction of sp³-hybridized carbons (Fsp3) is 0.522. The number of imidazole rings is 2. The molecule has 1 saturated carbocycles. The molecular formula is C46H58N8O5. The number of alkyl carbamates (subject to hydrolysis) is 1. The van der Waals surface area contributed by atoms with Crippen LogP contribution in [-0.2, 0) is 31.0 Å². The van der Waals surface area contributed by atoms with Gasteiger partial charge in [0.05, 0.1) is 43.0 Å². The van der Waals surface area contributed by atoms with Gasteiger partial charge in [0.25, 0.3) is 0 Å². The molecule has 3 fully saturated rings. The first-order chi connectivity index (χ1) is 28.5. The molecule has 2 aliphatic carbocycles. The summed E-state index contributed by atoms with van der Waals surface area (Å²) in [6.07, 6.45) is 14.2. The molecule has 2 aromatic heterocycles. The van der Waals surface area contributed by atoms with Crippen molar-refractivity contribution < 1.29 is 23.9 Å². The van der Waals surface area contributed by atoms with Crippen LogP contribution >= 0.6 is 0 Å². The van der Waals surface area contributed by atoms with Crippen molar-refractivity contribution in [3.63, 3.8) is 0 Å². The van der Waals surface area contributed by atoms with Crippen molar-refractivity contribution in [3.8, 4) is 33.6 Å². The Kier molecular flexibility index (Phi) is 11.4. The molecule has 0 radical (unpaired) electrons.